The van der Waals surface area contributed by atoms with Crippen molar-refractivity contribution in [3.8, 4) is 5.75 Å². The van der Waals surface area contributed by atoms with E-state index in [2.05, 4.69) is 26.6 Å². The Hall–Kier alpha value is -2.05. The summed E-state index contributed by atoms with van der Waals surface area (Å²) in [4.78, 5) is 23.2. The molecule has 0 aliphatic heterocycles. The zero-order valence-corrected chi connectivity index (χ0v) is 15.4. The maximum absolute atomic E-state index is 12.2. The van der Waals surface area contributed by atoms with Gasteiger partial charge in [0.2, 0.25) is 5.91 Å². The average Bonchev–Trinajstić information content (AvgIpc) is 2.51. The van der Waals surface area contributed by atoms with E-state index in [1.165, 1.54) is 6.92 Å². The molecule has 24 heavy (non-hydrogen) atoms. The van der Waals surface area contributed by atoms with E-state index >= 15 is 0 Å². The predicted molar refractivity (Wildman–Crippen MR) is 98.6 cm³/mol. The van der Waals surface area contributed by atoms with Gasteiger partial charge in [-0.1, -0.05) is 11.6 Å². The smallest absolute Gasteiger partial charge is 0.265 e. The number of carbonyl (C=O) groups is 2. The Morgan fingerprint density at radius 2 is 1.67 bits per heavy atom. The first kappa shape index (κ1) is 18.3. The molecule has 126 valence electrons. The van der Waals surface area contributed by atoms with Crippen molar-refractivity contribution < 1.29 is 14.3 Å². The average molecular weight is 412 g/mol. The van der Waals surface area contributed by atoms with E-state index in [9.17, 15) is 9.59 Å². The molecule has 0 fully saturated rings. The normalized spacial score (nSPS) is 11.5. The third kappa shape index (κ3) is 5.25. The van der Waals surface area contributed by atoms with Gasteiger partial charge >= 0.3 is 0 Å². The summed E-state index contributed by atoms with van der Waals surface area (Å²) >= 11 is 9.22. The summed E-state index contributed by atoms with van der Waals surface area (Å²) in [6.07, 6.45) is -0.697. The van der Waals surface area contributed by atoms with Crippen molar-refractivity contribution >= 4 is 50.7 Å². The molecule has 7 heteroatoms. The van der Waals surface area contributed by atoms with Gasteiger partial charge in [-0.3, -0.25) is 9.59 Å². The number of rotatable bonds is 5. The molecule has 1 unspecified atom stereocenters. The summed E-state index contributed by atoms with van der Waals surface area (Å²) in [5, 5.41) is 5.99. The largest absolute Gasteiger partial charge is 0.480 e. The van der Waals surface area contributed by atoms with Crippen molar-refractivity contribution in [3.05, 3.63) is 52.0 Å². The monoisotopic (exact) mass is 410 g/mol. The number of amides is 2. The molecule has 0 aliphatic carbocycles. The molecule has 2 rings (SSSR count). The molecule has 0 heterocycles. The van der Waals surface area contributed by atoms with Crippen LogP contribution in [-0.2, 0) is 9.59 Å². The van der Waals surface area contributed by atoms with Gasteiger partial charge in [0.15, 0.2) is 6.10 Å². The van der Waals surface area contributed by atoms with Crippen LogP contribution in [0.5, 0.6) is 5.75 Å². The zero-order chi connectivity index (χ0) is 17.7. The van der Waals surface area contributed by atoms with E-state index in [4.69, 9.17) is 16.3 Å². The minimum absolute atomic E-state index is 0.151. The van der Waals surface area contributed by atoms with E-state index in [1.807, 2.05) is 0 Å². The van der Waals surface area contributed by atoms with E-state index in [-0.39, 0.29) is 11.8 Å². The number of ether oxygens (including phenoxy) is 1. The van der Waals surface area contributed by atoms with Gasteiger partial charge in [-0.2, -0.15) is 0 Å². The topological polar surface area (TPSA) is 67.4 Å². The summed E-state index contributed by atoms with van der Waals surface area (Å²) < 4.78 is 6.31. The standard InChI is InChI=1S/C17H16BrClN2O3/c1-10(24-16-8-3-12(19)9-15(16)18)17(23)21-14-6-4-13(5-7-14)20-11(2)22/h3-10H,1-2H3,(H,20,22)(H,21,23). The summed E-state index contributed by atoms with van der Waals surface area (Å²) in [5.41, 5.74) is 1.27. The van der Waals surface area contributed by atoms with E-state index in [1.54, 1.807) is 49.4 Å². The third-order valence-corrected chi connectivity index (χ3v) is 3.89. The van der Waals surface area contributed by atoms with Gasteiger partial charge in [0.05, 0.1) is 4.47 Å². The molecule has 0 spiro atoms. The van der Waals surface area contributed by atoms with Crippen molar-refractivity contribution in [2.24, 2.45) is 0 Å². The Labute approximate surface area is 153 Å². The molecule has 2 N–H and O–H groups in total. The lowest BCUT2D eigenvalue weighted by atomic mass is 10.2. The predicted octanol–water partition coefficient (Wildman–Crippen LogP) is 4.47. The second kappa shape index (κ2) is 8.17. The molecule has 0 saturated heterocycles. The number of halogens is 2. The molecular formula is C17H16BrClN2O3. The number of anilines is 2. The Bertz CT molecular complexity index is 750. The van der Waals surface area contributed by atoms with Crippen molar-refractivity contribution in [2.45, 2.75) is 20.0 Å². The first-order chi connectivity index (χ1) is 11.3. The minimum Gasteiger partial charge on any atom is -0.480 e. The molecule has 2 aromatic carbocycles. The van der Waals surface area contributed by atoms with Crippen LogP contribution in [-0.4, -0.2) is 17.9 Å². The molecule has 2 aromatic rings. The van der Waals surface area contributed by atoms with Crippen molar-refractivity contribution in [1.29, 1.82) is 0 Å². The molecule has 2 amide bonds. The van der Waals surface area contributed by atoms with Crippen LogP contribution < -0.4 is 15.4 Å². The van der Waals surface area contributed by atoms with Crippen LogP contribution in [0.15, 0.2) is 46.9 Å². The van der Waals surface area contributed by atoms with Gasteiger partial charge in [-0.15, -0.1) is 0 Å². The van der Waals surface area contributed by atoms with E-state index in [0.29, 0.717) is 26.6 Å². The maximum Gasteiger partial charge on any atom is 0.265 e. The Balaban J connectivity index is 1.97. The highest BCUT2D eigenvalue weighted by Crippen LogP contribution is 2.28. The summed E-state index contributed by atoms with van der Waals surface area (Å²) in [6, 6.07) is 11.9. The van der Waals surface area contributed by atoms with Crippen LogP contribution in [0, 0.1) is 0 Å². The molecule has 0 radical (unpaired) electrons. The highest BCUT2D eigenvalue weighted by Gasteiger charge is 2.16. The fourth-order valence-electron chi connectivity index (χ4n) is 1.90. The number of benzene rings is 2. The van der Waals surface area contributed by atoms with Crippen LogP contribution in [0.1, 0.15) is 13.8 Å². The maximum atomic E-state index is 12.2. The number of nitrogens with one attached hydrogen (secondary N) is 2. The highest BCUT2D eigenvalue weighted by molar-refractivity contribution is 9.10. The molecule has 5 nitrogen and oxygen atoms in total. The second-order valence-corrected chi connectivity index (χ2v) is 6.37. The van der Waals surface area contributed by atoms with Gasteiger partial charge in [0.1, 0.15) is 5.75 Å². The van der Waals surface area contributed by atoms with Crippen LogP contribution in [0.3, 0.4) is 0 Å². The Morgan fingerprint density at radius 3 is 2.21 bits per heavy atom. The van der Waals surface area contributed by atoms with Gasteiger partial charge in [0.25, 0.3) is 5.91 Å². The van der Waals surface area contributed by atoms with Crippen molar-refractivity contribution in [2.75, 3.05) is 10.6 Å². The van der Waals surface area contributed by atoms with Crippen LogP contribution in [0.2, 0.25) is 5.02 Å². The molecule has 0 aromatic heterocycles. The van der Waals surface area contributed by atoms with Crippen molar-refractivity contribution in [3.63, 3.8) is 0 Å². The first-order valence-corrected chi connectivity index (χ1v) is 8.32. The molecule has 0 saturated carbocycles. The summed E-state index contributed by atoms with van der Waals surface area (Å²) in [6.45, 7) is 3.09. The quantitative estimate of drug-likeness (QED) is 0.763. The lowest BCUT2D eigenvalue weighted by Crippen LogP contribution is -2.30. The number of hydrogen-bond donors (Lipinski definition) is 2. The fourth-order valence-corrected chi connectivity index (χ4v) is 2.67. The van der Waals surface area contributed by atoms with E-state index < -0.39 is 6.10 Å². The highest BCUT2D eigenvalue weighted by atomic mass is 79.9. The second-order valence-electron chi connectivity index (χ2n) is 5.08. The van der Waals surface area contributed by atoms with Crippen LogP contribution in [0.25, 0.3) is 0 Å². The first-order valence-electron chi connectivity index (χ1n) is 7.15. The fraction of sp³-hybridized carbons (Fsp3) is 0.176. The molecule has 0 bridgehead atoms. The van der Waals surface area contributed by atoms with Gasteiger partial charge in [-0.25, -0.2) is 0 Å². The summed E-state index contributed by atoms with van der Waals surface area (Å²) in [7, 11) is 0. The lowest BCUT2D eigenvalue weighted by molar-refractivity contribution is -0.122. The molecular weight excluding hydrogens is 396 g/mol. The molecule has 0 aliphatic rings. The number of hydrogen-bond acceptors (Lipinski definition) is 3. The minimum atomic E-state index is -0.697. The number of carbonyl (C=O) groups excluding carboxylic acids is 2. The summed E-state index contributed by atoms with van der Waals surface area (Å²) in [5.74, 6) is 0.0922. The molecule has 1 atom stereocenters. The third-order valence-electron chi connectivity index (χ3n) is 3.04. The Kier molecular flexibility index (Phi) is 6.23. The van der Waals surface area contributed by atoms with Gasteiger partial charge in [-0.05, 0) is 65.3 Å². The SMILES string of the molecule is CC(=O)Nc1ccc(NC(=O)C(C)Oc2ccc(Cl)cc2Br)cc1. The van der Waals surface area contributed by atoms with E-state index in [0.717, 1.165) is 0 Å². The van der Waals surface area contributed by atoms with Gasteiger partial charge in [0, 0.05) is 23.3 Å². The van der Waals surface area contributed by atoms with Crippen LogP contribution >= 0.6 is 27.5 Å². The van der Waals surface area contributed by atoms with Gasteiger partial charge < -0.3 is 15.4 Å². The van der Waals surface area contributed by atoms with Crippen LogP contribution in [0.4, 0.5) is 11.4 Å². The van der Waals surface area contributed by atoms with Crippen molar-refractivity contribution in [1.82, 2.24) is 0 Å². The lowest BCUT2D eigenvalue weighted by Gasteiger charge is -2.16. The Morgan fingerprint density at radius 1 is 1.08 bits per heavy atom. The zero-order valence-electron chi connectivity index (χ0n) is 13.1.